The highest BCUT2D eigenvalue weighted by molar-refractivity contribution is 5.83. The predicted octanol–water partition coefficient (Wildman–Crippen LogP) is 2.51. The smallest absolute Gasteiger partial charge is 0.148 e. The maximum Gasteiger partial charge on any atom is 0.148 e. The summed E-state index contributed by atoms with van der Waals surface area (Å²) < 4.78 is 5.38. The first-order chi connectivity index (χ1) is 11.3. The number of allylic oxidation sites excluding steroid dienone is 4. The Hall–Kier alpha value is -2.66. The summed E-state index contributed by atoms with van der Waals surface area (Å²) in [5, 5.41) is 0. The van der Waals surface area contributed by atoms with Crippen LogP contribution in [-0.4, -0.2) is 36.3 Å². The van der Waals surface area contributed by atoms with Crippen molar-refractivity contribution in [1.82, 2.24) is 9.97 Å². The Labute approximate surface area is 135 Å². The van der Waals surface area contributed by atoms with Crippen molar-refractivity contribution in [1.29, 1.82) is 0 Å². The number of rotatable bonds is 4. The van der Waals surface area contributed by atoms with Crippen LogP contribution in [0, 0.1) is 0 Å². The van der Waals surface area contributed by atoms with Crippen LogP contribution in [0.1, 0.15) is 5.56 Å². The van der Waals surface area contributed by atoms with Crippen molar-refractivity contribution >= 4 is 22.4 Å². The Bertz CT molecular complexity index is 761. The van der Waals surface area contributed by atoms with E-state index in [0.717, 1.165) is 54.3 Å². The Morgan fingerprint density at radius 3 is 2.83 bits per heavy atom. The molecule has 118 valence electrons. The van der Waals surface area contributed by atoms with E-state index in [9.17, 15) is 0 Å². The van der Waals surface area contributed by atoms with Crippen molar-refractivity contribution in [2.45, 2.75) is 0 Å². The number of fused-ring (bicyclic) bond motifs is 1. The molecule has 2 N–H and O–H groups in total. The average molecular weight is 308 g/mol. The van der Waals surface area contributed by atoms with E-state index in [2.05, 4.69) is 16.5 Å². The third kappa shape index (κ3) is 3.40. The summed E-state index contributed by atoms with van der Waals surface area (Å²) in [5.74, 6) is 0.887. The fraction of sp³-hybridized carbons (Fsp3) is 0.222. The molecule has 2 heterocycles. The molecule has 1 aromatic carbocycles. The van der Waals surface area contributed by atoms with E-state index in [-0.39, 0.29) is 0 Å². The normalized spacial score (nSPS) is 16.2. The molecule has 1 aliphatic rings. The van der Waals surface area contributed by atoms with Gasteiger partial charge in [-0.3, -0.25) is 4.98 Å². The minimum Gasteiger partial charge on any atom is -0.404 e. The second-order valence-corrected chi connectivity index (χ2v) is 5.25. The molecule has 0 saturated carbocycles. The summed E-state index contributed by atoms with van der Waals surface area (Å²) >= 11 is 0. The summed E-state index contributed by atoms with van der Waals surface area (Å²) in [6, 6.07) is 5.97. The van der Waals surface area contributed by atoms with Crippen LogP contribution >= 0.6 is 0 Å². The molecule has 5 heteroatoms. The molecule has 0 unspecified atom stereocenters. The first-order valence-electron chi connectivity index (χ1n) is 7.62. The van der Waals surface area contributed by atoms with E-state index >= 15 is 0 Å². The van der Waals surface area contributed by atoms with Crippen LogP contribution in [0.15, 0.2) is 55.4 Å². The van der Waals surface area contributed by atoms with Crippen LogP contribution in [0.2, 0.25) is 0 Å². The summed E-state index contributed by atoms with van der Waals surface area (Å²) in [4.78, 5) is 11.5. The van der Waals surface area contributed by atoms with Gasteiger partial charge in [-0.15, -0.1) is 0 Å². The van der Waals surface area contributed by atoms with Crippen molar-refractivity contribution in [2.75, 3.05) is 31.2 Å². The zero-order chi connectivity index (χ0) is 16.1. The molecule has 0 atom stereocenters. The lowest BCUT2D eigenvalue weighted by molar-refractivity contribution is 0.122. The highest BCUT2D eigenvalue weighted by Crippen LogP contribution is 2.22. The van der Waals surface area contributed by atoms with Crippen LogP contribution < -0.4 is 10.6 Å². The summed E-state index contributed by atoms with van der Waals surface area (Å²) in [5.41, 5.74) is 9.39. The van der Waals surface area contributed by atoms with Crippen LogP contribution in [0.25, 0.3) is 16.6 Å². The molecular weight excluding hydrogens is 288 g/mol. The Morgan fingerprint density at radius 2 is 2.09 bits per heavy atom. The molecule has 23 heavy (non-hydrogen) atoms. The monoisotopic (exact) mass is 308 g/mol. The van der Waals surface area contributed by atoms with Gasteiger partial charge in [0.15, 0.2) is 0 Å². The van der Waals surface area contributed by atoms with Gasteiger partial charge in [0.2, 0.25) is 0 Å². The van der Waals surface area contributed by atoms with Gasteiger partial charge in [-0.05, 0) is 23.3 Å². The lowest BCUT2D eigenvalue weighted by Crippen LogP contribution is -2.36. The first kappa shape index (κ1) is 15.2. The molecule has 0 radical (unpaired) electrons. The molecule has 1 aromatic heterocycles. The number of morpholine rings is 1. The maximum absolute atomic E-state index is 5.73. The highest BCUT2D eigenvalue weighted by Gasteiger charge is 2.13. The lowest BCUT2D eigenvalue weighted by atomic mass is 10.1. The second kappa shape index (κ2) is 7.07. The van der Waals surface area contributed by atoms with E-state index in [1.807, 2.05) is 36.5 Å². The van der Waals surface area contributed by atoms with Crippen LogP contribution in [-0.2, 0) is 4.74 Å². The number of aromatic nitrogens is 2. The van der Waals surface area contributed by atoms with Gasteiger partial charge < -0.3 is 15.4 Å². The molecule has 2 aromatic rings. The van der Waals surface area contributed by atoms with Gasteiger partial charge in [0.05, 0.1) is 30.4 Å². The van der Waals surface area contributed by atoms with Crippen molar-refractivity contribution in [3.05, 3.63) is 61.0 Å². The van der Waals surface area contributed by atoms with Gasteiger partial charge in [0, 0.05) is 19.3 Å². The molecular formula is C18H20N4O. The number of hydrogen-bond donors (Lipinski definition) is 1. The van der Waals surface area contributed by atoms with Gasteiger partial charge in [0.25, 0.3) is 0 Å². The fourth-order valence-electron chi connectivity index (χ4n) is 2.55. The van der Waals surface area contributed by atoms with E-state index in [4.69, 9.17) is 15.5 Å². The van der Waals surface area contributed by atoms with Crippen LogP contribution in [0.5, 0.6) is 0 Å². The zero-order valence-corrected chi connectivity index (χ0v) is 13.0. The predicted molar refractivity (Wildman–Crippen MR) is 94.1 cm³/mol. The molecule has 0 bridgehead atoms. The van der Waals surface area contributed by atoms with E-state index in [1.54, 1.807) is 12.3 Å². The van der Waals surface area contributed by atoms with E-state index in [1.165, 1.54) is 0 Å². The van der Waals surface area contributed by atoms with Gasteiger partial charge in [0.1, 0.15) is 5.82 Å². The topological polar surface area (TPSA) is 64.3 Å². The Kier molecular flexibility index (Phi) is 4.68. The molecule has 5 nitrogen and oxygen atoms in total. The summed E-state index contributed by atoms with van der Waals surface area (Å²) in [6.07, 6.45) is 8.91. The SMILES string of the molecule is C=C/C=C\C(=C/N)c1ccc2ncc(N3CCOCC3)nc2c1. The van der Waals surface area contributed by atoms with E-state index in [0.29, 0.717) is 0 Å². The number of anilines is 1. The third-order valence-corrected chi connectivity index (χ3v) is 3.79. The van der Waals surface area contributed by atoms with Gasteiger partial charge in [-0.2, -0.15) is 0 Å². The van der Waals surface area contributed by atoms with Crippen LogP contribution in [0.4, 0.5) is 5.82 Å². The Morgan fingerprint density at radius 1 is 1.26 bits per heavy atom. The standard InChI is InChI=1S/C18H20N4O/c1-2-3-4-15(12-19)14-5-6-16-17(11-14)21-18(13-20-16)22-7-9-23-10-8-22/h2-6,11-13H,1,7-10,19H2/b4-3-,15-12+. The first-order valence-corrected chi connectivity index (χ1v) is 7.62. The fourth-order valence-corrected chi connectivity index (χ4v) is 2.55. The second-order valence-electron chi connectivity index (χ2n) is 5.25. The third-order valence-electron chi connectivity index (χ3n) is 3.79. The molecule has 1 aliphatic heterocycles. The molecule has 0 aliphatic carbocycles. The zero-order valence-electron chi connectivity index (χ0n) is 13.0. The summed E-state index contributed by atoms with van der Waals surface area (Å²) in [6.45, 7) is 6.82. The minimum atomic E-state index is 0.728. The molecule has 1 saturated heterocycles. The molecule has 0 amide bonds. The largest absolute Gasteiger partial charge is 0.404 e. The van der Waals surface area contributed by atoms with Crippen molar-refractivity contribution in [3.63, 3.8) is 0 Å². The highest BCUT2D eigenvalue weighted by atomic mass is 16.5. The van der Waals surface area contributed by atoms with Gasteiger partial charge >= 0.3 is 0 Å². The number of benzene rings is 1. The molecule has 1 fully saturated rings. The van der Waals surface area contributed by atoms with Crippen molar-refractivity contribution in [3.8, 4) is 0 Å². The van der Waals surface area contributed by atoms with E-state index < -0.39 is 0 Å². The van der Waals surface area contributed by atoms with Gasteiger partial charge in [-0.25, -0.2) is 4.98 Å². The molecule has 0 spiro atoms. The lowest BCUT2D eigenvalue weighted by Gasteiger charge is -2.27. The van der Waals surface area contributed by atoms with Crippen molar-refractivity contribution < 1.29 is 4.74 Å². The number of nitrogens with two attached hydrogens (primary N) is 1. The minimum absolute atomic E-state index is 0.728. The van der Waals surface area contributed by atoms with Crippen LogP contribution in [0.3, 0.4) is 0 Å². The van der Waals surface area contributed by atoms with Crippen molar-refractivity contribution in [2.24, 2.45) is 5.73 Å². The molecule has 3 rings (SSSR count). The number of nitrogens with zero attached hydrogens (tertiary/aromatic N) is 3. The maximum atomic E-state index is 5.73. The van der Waals surface area contributed by atoms with Gasteiger partial charge in [-0.1, -0.05) is 30.9 Å². The Balaban J connectivity index is 1.96. The quantitative estimate of drug-likeness (QED) is 0.879. The summed E-state index contributed by atoms with van der Waals surface area (Å²) in [7, 11) is 0. The number of ether oxygens (including phenoxy) is 1. The average Bonchev–Trinajstić information content (AvgIpc) is 2.62. The number of hydrogen-bond acceptors (Lipinski definition) is 5.